The van der Waals surface area contributed by atoms with E-state index in [2.05, 4.69) is 45.2 Å². The molecular formula is C25H29N5O3. The van der Waals surface area contributed by atoms with Crippen LogP contribution in [0.25, 0.3) is 0 Å². The van der Waals surface area contributed by atoms with Gasteiger partial charge in [-0.15, -0.1) is 0 Å². The zero-order valence-electron chi connectivity index (χ0n) is 18.6. The second-order valence-corrected chi connectivity index (χ2v) is 8.99. The lowest BCUT2D eigenvalue weighted by atomic mass is 9.81. The summed E-state index contributed by atoms with van der Waals surface area (Å²) in [7, 11) is 0. The molecule has 0 saturated carbocycles. The highest BCUT2D eigenvalue weighted by Crippen LogP contribution is 2.29. The van der Waals surface area contributed by atoms with E-state index >= 15 is 0 Å². The first-order chi connectivity index (χ1) is 16.0. The van der Waals surface area contributed by atoms with E-state index in [1.807, 2.05) is 36.4 Å². The molecule has 0 bridgehead atoms. The van der Waals surface area contributed by atoms with Crippen LogP contribution < -0.4 is 21.3 Å². The van der Waals surface area contributed by atoms with E-state index in [0.717, 1.165) is 19.4 Å². The Morgan fingerprint density at radius 3 is 2.58 bits per heavy atom. The Kier molecular flexibility index (Phi) is 5.86. The number of benzene rings is 2. The number of anilines is 1. The Bertz CT molecular complexity index is 1070. The lowest BCUT2D eigenvalue weighted by Gasteiger charge is -2.47. The number of nitrogens with zero attached hydrogens (tertiary/aromatic N) is 1. The molecule has 4 atom stereocenters. The van der Waals surface area contributed by atoms with Gasteiger partial charge in [0.1, 0.15) is 6.29 Å². The van der Waals surface area contributed by atoms with Crippen LogP contribution >= 0.6 is 0 Å². The van der Waals surface area contributed by atoms with Gasteiger partial charge in [0.25, 0.3) is 0 Å². The first-order valence-corrected chi connectivity index (χ1v) is 11.6. The third kappa shape index (κ3) is 4.36. The maximum Gasteiger partial charge on any atom is 0.229 e. The molecule has 3 heterocycles. The summed E-state index contributed by atoms with van der Waals surface area (Å²) >= 11 is 0. The molecule has 2 saturated heterocycles. The van der Waals surface area contributed by atoms with Gasteiger partial charge in [-0.3, -0.25) is 24.6 Å². The number of hydrogen-bond acceptors (Lipinski definition) is 5. The molecule has 2 aromatic rings. The first-order valence-electron chi connectivity index (χ1n) is 11.6. The molecule has 4 N–H and O–H groups in total. The Morgan fingerprint density at radius 2 is 1.82 bits per heavy atom. The molecule has 8 nitrogen and oxygen atoms in total. The van der Waals surface area contributed by atoms with E-state index in [4.69, 9.17) is 0 Å². The van der Waals surface area contributed by atoms with Crippen molar-refractivity contribution in [1.82, 2.24) is 20.9 Å². The third-order valence-corrected chi connectivity index (χ3v) is 6.93. The van der Waals surface area contributed by atoms with Crippen LogP contribution in [0, 0.1) is 11.8 Å². The number of carbonyl (C=O) groups excluding carboxylic acids is 3. The average molecular weight is 448 g/mol. The predicted molar refractivity (Wildman–Crippen MR) is 124 cm³/mol. The number of nitrogens with one attached hydrogen (secondary N) is 4. The largest absolute Gasteiger partial charge is 0.340 e. The summed E-state index contributed by atoms with van der Waals surface area (Å²) in [6, 6.07) is 15.9. The molecule has 3 aliphatic rings. The van der Waals surface area contributed by atoms with Crippen molar-refractivity contribution in [3.8, 4) is 0 Å². The fourth-order valence-corrected chi connectivity index (χ4v) is 5.05. The fourth-order valence-electron chi connectivity index (χ4n) is 5.05. The molecule has 172 valence electrons. The number of amides is 3. The van der Waals surface area contributed by atoms with Crippen molar-refractivity contribution in [3.05, 3.63) is 65.2 Å². The monoisotopic (exact) mass is 447 g/mol. The standard InChI is InChI=1S/C25H29N5O3/c1-2-15-7-9-18(10-8-15)26-23(32)19-13-20(31)27-22-21(19)24(33)29-25(28-22)30-12-11-16-5-3-4-6-17(16)14-30/h3-10,19,21-22,25,28H,2,11-14H2,1H3,(H,26,32)(H,27,31)(H,29,33). The maximum absolute atomic E-state index is 13.2. The molecule has 0 spiro atoms. The second-order valence-electron chi connectivity index (χ2n) is 8.99. The van der Waals surface area contributed by atoms with Gasteiger partial charge < -0.3 is 16.0 Å². The Balaban J connectivity index is 1.29. The summed E-state index contributed by atoms with van der Waals surface area (Å²) in [5.41, 5.74) is 4.39. The van der Waals surface area contributed by atoms with Crippen molar-refractivity contribution in [2.75, 3.05) is 11.9 Å². The van der Waals surface area contributed by atoms with E-state index < -0.39 is 24.3 Å². The summed E-state index contributed by atoms with van der Waals surface area (Å²) < 4.78 is 0. The normalized spacial score (nSPS) is 27.1. The Morgan fingerprint density at radius 1 is 1.06 bits per heavy atom. The van der Waals surface area contributed by atoms with Crippen LogP contribution in [0.2, 0.25) is 0 Å². The topological polar surface area (TPSA) is 103 Å². The van der Waals surface area contributed by atoms with Gasteiger partial charge >= 0.3 is 0 Å². The van der Waals surface area contributed by atoms with Gasteiger partial charge in [0.05, 0.1) is 18.0 Å². The zero-order chi connectivity index (χ0) is 22.9. The summed E-state index contributed by atoms with van der Waals surface area (Å²) in [6.07, 6.45) is 0.788. The molecule has 3 aliphatic heterocycles. The number of hydrogen-bond donors (Lipinski definition) is 4. The lowest BCUT2D eigenvalue weighted by molar-refractivity contribution is -0.147. The number of carbonyl (C=O) groups is 3. The van der Waals surface area contributed by atoms with Crippen LogP contribution in [0.3, 0.4) is 0 Å². The lowest BCUT2D eigenvalue weighted by Crippen LogP contribution is -2.74. The molecule has 4 unspecified atom stereocenters. The molecule has 33 heavy (non-hydrogen) atoms. The molecule has 2 fully saturated rings. The van der Waals surface area contributed by atoms with Crippen LogP contribution in [-0.2, 0) is 33.8 Å². The zero-order valence-corrected chi connectivity index (χ0v) is 18.6. The molecule has 3 amide bonds. The number of rotatable bonds is 4. The molecule has 0 aliphatic carbocycles. The second kappa shape index (κ2) is 8.96. The van der Waals surface area contributed by atoms with Crippen molar-refractivity contribution >= 4 is 23.4 Å². The first kappa shape index (κ1) is 21.6. The molecule has 2 aromatic carbocycles. The Labute approximate surface area is 193 Å². The van der Waals surface area contributed by atoms with E-state index in [1.54, 1.807) is 0 Å². The molecule has 0 radical (unpaired) electrons. The molecule has 8 heteroatoms. The van der Waals surface area contributed by atoms with Crippen LogP contribution in [-0.4, -0.2) is 41.6 Å². The molecule has 0 aromatic heterocycles. The van der Waals surface area contributed by atoms with Gasteiger partial charge in [0.15, 0.2) is 0 Å². The quantitative estimate of drug-likeness (QED) is 0.566. The number of piperidine rings is 1. The SMILES string of the molecule is CCc1ccc(NC(=O)C2CC(=O)NC3NC(N4CCc5ccccc5C4)NC(=O)C32)cc1. The fraction of sp³-hybridized carbons (Fsp3) is 0.400. The predicted octanol–water partition coefficient (Wildman–Crippen LogP) is 1.33. The van der Waals surface area contributed by atoms with E-state index in [-0.39, 0.29) is 24.1 Å². The summed E-state index contributed by atoms with van der Waals surface area (Å²) in [6.45, 7) is 3.56. The van der Waals surface area contributed by atoms with Gasteiger partial charge in [-0.2, -0.15) is 0 Å². The van der Waals surface area contributed by atoms with Crippen molar-refractivity contribution in [1.29, 1.82) is 0 Å². The molecule has 5 rings (SSSR count). The molecular weight excluding hydrogens is 418 g/mol. The van der Waals surface area contributed by atoms with Crippen LogP contribution in [0.4, 0.5) is 5.69 Å². The van der Waals surface area contributed by atoms with Crippen LogP contribution in [0.15, 0.2) is 48.5 Å². The minimum absolute atomic E-state index is 0.0170. The highest BCUT2D eigenvalue weighted by Gasteiger charge is 2.49. The Hall–Kier alpha value is -3.23. The van der Waals surface area contributed by atoms with Crippen molar-refractivity contribution in [3.63, 3.8) is 0 Å². The van der Waals surface area contributed by atoms with Crippen molar-refractivity contribution < 1.29 is 14.4 Å². The van der Waals surface area contributed by atoms with Gasteiger partial charge in [-0.1, -0.05) is 43.3 Å². The van der Waals surface area contributed by atoms with Gasteiger partial charge in [-0.25, -0.2) is 0 Å². The van der Waals surface area contributed by atoms with Gasteiger partial charge in [-0.05, 0) is 41.7 Å². The number of fused-ring (bicyclic) bond motifs is 2. The van der Waals surface area contributed by atoms with Crippen LogP contribution in [0.1, 0.15) is 30.0 Å². The van der Waals surface area contributed by atoms with Crippen molar-refractivity contribution in [2.45, 2.75) is 45.2 Å². The smallest absolute Gasteiger partial charge is 0.229 e. The van der Waals surface area contributed by atoms with E-state index in [0.29, 0.717) is 12.2 Å². The minimum atomic E-state index is -0.745. The minimum Gasteiger partial charge on any atom is -0.340 e. The average Bonchev–Trinajstić information content (AvgIpc) is 2.83. The van der Waals surface area contributed by atoms with Gasteiger partial charge in [0.2, 0.25) is 17.7 Å². The van der Waals surface area contributed by atoms with Crippen molar-refractivity contribution in [2.24, 2.45) is 11.8 Å². The number of aryl methyl sites for hydroxylation is 1. The highest BCUT2D eigenvalue weighted by atomic mass is 16.2. The summed E-state index contributed by atoms with van der Waals surface area (Å²) in [5.74, 6) is -2.19. The maximum atomic E-state index is 13.2. The van der Waals surface area contributed by atoms with Crippen LogP contribution in [0.5, 0.6) is 0 Å². The van der Waals surface area contributed by atoms with Gasteiger partial charge in [0, 0.05) is 25.2 Å². The summed E-state index contributed by atoms with van der Waals surface area (Å²) in [5, 5.41) is 12.2. The highest BCUT2D eigenvalue weighted by molar-refractivity contribution is 6.00. The van der Waals surface area contributed by atoms with E-state index in [1.165, 1.54) is 16.7 Å². The summed E-state index contributed by atoms with van der Waals surface area (Å²) in [4.78, 5) is 40.9. The third-order valence-electron chi connectivity index (χ3n) is 6.93. The van der Waals surface area contributed by atoms with E-state index in [9.17, 15) is 14.4 Å².